The lowest BCUT2D eigenvalue weighted by Crippen LogP contribution is -2.52. The fourth-order valence-corrected chi connectivity index (χ4v) is 5.85. The normalized spacial score (nSPS) is 15.7. The minimum absolute atomic E-state index is 0.0792. The van der Waals surface area contributed by atoms with E-state index in [2.05, 4.69) is 79.6 Å². The lowest BCUT2D eigenvalue weighted by molar-refractivity contribution is -0.133. The van der Waals surface area contributed by atoms with Gasteiger partial charge in [-0.25, -0.2) is 5.01 Å². The van der Waals surface area contributed by atoms with Crippen molar-refractivity contribution in [3.8, 4) is 0 Å². The van der Waals surface area contributed by atoms with E-state index in [9.17, 15) is 4.79 Å². The molecule has 0 spiro atoms. The topological polar surface area (TPSA) is 90.0 Å². The smallest absolute Gasteiger partial charge is 0.237 e. The van der Waals surface area contributed by atoms with Gasteiger partial charge in [-0.15, -0.1) is 10.2 Å². The fourth-order valence-electron chi connectivity index (χ4n) is 5.85. The lowest BCUT2D eigenvalue weighted by atomic mass is 9.71. The Balaban J connectivity index is 1.35. The highest BCUT2D eigenvalue weighted by Crippen LogP contribution is 2.40. The van der Waals surface area contributed by atoms with Crippen LogP contribution in [0.1, 0.15) is 41.8 Å². The summed E-state index contributed by atoms with van der Waals surface area (Å²) in [4.78, 5) is 15.6. The van der Waals surface area contributed by atoms with Crippen LogP contribution in [0.4, 0.5) is 0 Å². The number of amides is 1. The van der Waals surface area contributed by atoms with Crippen LogP contribution in [0.15, 0.2) is 91.0 Å². The number of carbonyl (C=O) groups is 1. The van der Waals surface area contributed by atoms with Gasteiger partial charge in [0.25, 0.3) is 0 Å². The van der Waals surface area contributed by atoms with Crippen molar-refractivity contribution >= 4 is 5.91 Å². The summed E-state index contributed by atoms with van der Waals surface area (Å²) < 4.78 is 0. The summed E-state index contributed by atoms with van der Waals surface area (Å²) in [6.45, 7) is 2.31. The molecule has 196 valence electrons. The molecule has 4 aromatic rings. The Kier molecular flexibility index (Phi) is 7.62. The van der Waals surface area contributed by atoms with Gasteiger partial charge in [0.05, 0.1) is 5.41 Å². The maximum Gasteiger partial charge on any atom is 0.237 e. The Hall–Kier alpha value is -3.88. The Bertz CT molecular complexity index is 1250. The number of nitrogens with zero attached hydrogens (tertiary/aromatic N) is 5. The fraction of sp³-hybridized carbons (Fsp3) is 0.333. The Morgan fingerprint density at radius 3 is 1.97 bits per heavy atom. The molecule has 0 aliphatic carbocycles. The maximum absolute atomic E-state index is 13.9. The number of aromatic amines is 1. The number of hydrazine groups is 1. The molecule has 2 heterocycles. The largest absolute Gasteiger partial charge is 0.348 e. The van der Waals surface area contributed by atoms with E-state index < -0.39 is 5.41 Å². The number of likely N-dealkylation sites (N-methyl/N-ethyl adjacent to an activating group) is 1. The van der Waals surface area contributed by atoms with E-state index in [0.717, 1.165) is 42.9 Å². The second-order valence-corrected chi connectivity index (χ2v) is 10.2. The molecule has 0 bridgehead atoms. The molecule has 1 aromatic heterocycles. The SMILES string of the molecule is CN(C)C(=O)C(CCNN1CCC(c2ccccc2)(c2nn[nH]n2)CC1)(c1ccccc1)c1ccccc1. The van der Waals surface area contributed by atoms with Gasteiger partial charge in [0, 0.05) is 33.7 Å². The molecule has 0 saturated carbocycles. The van der Waals surface area contributed by atoms with Gasteiger partial charge in [-0.05, 0) is 36.0 Å². The average molecular weight is 510 g/mol. The molecule has 38 heavy (non-hydrogen) atoms. The molecule has 1 aliphatic rings. The zero-order chi connectivity index (χ0) is 26.4. The molecule has 3 aromatic carbocycles. The number of nitrogens with one attached hydrogen (secondary N) is 2. The molecule has 0 radical (unpaired) electrons. The first kappa shape index (κ1) is 25.8. The van der Waals surface area contributed by atoms with Crippen molar-refractivity contribution in [2.45, 2.75) is 30.1 Å². The highest BCUT2D eigenvalue weighted by atomic mass is 16.2. The molecule has 8 nitrogen and oxygen atoms in total. The maximum atomic E-state index is 13.9. The van der Waals surface area contributed by atoms with Crippen molar-refractivity contribution in [3.05, 3.63) is 114 Å². The first-order chi connectivity index (χ1) is 18.6. The Morgan fingerprint density at radius 2 is 1.47 bits per heavy atom. The summed E-state index contributed by atoms with van der Waals surface area (Å²) in [6.07, 6.45) is 2.36. The van der Waals surface area contributed by atoms with Crippen LogP contribution >= 0.6 is 0 Å². The van der Waals surface area contributed by atoms with Gasteiger partial charge in [0.2, 0.25) is 5.91 Å². The molecule has 5 rings (SSSR count). The summed E-state index contributed by atoms with van der Waals surface area (Å²) in [5.41, 5.74) is 5.81. The number of hydrogen-bond donors (Lipinski definition) is 2. The van der Waals surface area contributed by atoms with Crippen molar-refractivity contribution in [1.29, 1.82) is 0 Å². The van der Waals surface area contributed by atoms with Gasteiger partial charge < -0.3 is 4.90 Å². The van der Waals surface area contributed by atoms with E-state index in [-0.39, 0.29) is 11.3 Å². The standard InChI is InChI=1S/C30H35N7O/c1-36(2)28(38)30(25-14-8-4-9-15-25,26-16-10-5-11-17-26)18-21-31-37-22-19-29(20-23-37,27-32-34-35-33-27)24-12-6-3-7-13-24/h3-17,31H,18-23H2,1-2H3,(H,32,33,34,35). The monoisotopic (exact) mass is 509 g/mol. The third-order valence-corrected chi connectivity index (χ3v) is 7.86. The predicted octanol–water partition coefficient (Wildman–Crippen LogP) is 3.55. The first-order valence-electron chi connectivity index (χ1n) is 13.2. The van der Waals surface area contributed by atoms with Crippen molar-refractivity contribution in [2.75, 3.05) is 33.7 Å². The number of aromatic nitrogens is 4. The van der Waals surface area contributed by atoms with Gasteiger partial charge in [0.1, 0.15) is 5.41 Å². The van der Waals surface area contributed by atoms with Gasteiger partial charge in [-0.2, -0.15) is 5.21 Å². The van der Waals surface area contributed by atoms with E-state index in [1.165, 1.54) is 5.56 Å². The summed E-state index contributed by atoms with van der Waals surface area (Å²) in [6, 6.07) is 30.8. The van der Waals surface area contributed by atoms with E-state index in [0.29, 0.717) is 13.0 Å². The minimum atomic E-state index is -0.784. The first-order valence-corrected chi connectivity index (χ1v) is 13.2. The molecule has 2 N–H and O–H groups in total. The van der Waals surface area contributed by atoms with Crippen LogP contribution in [0.3, 0.4) is 0 Å². The Labute approximate surface area is 224 Å². The number of rotatable bonds is 9. The Morgan fingerprint density at radius 1 is 0.921 bits per heavy atom. The molecular formula is C30H35N7O. The minimum Gasteiger partial charge on any atom is -0.348 e. The molecule has 1 amide bonds. The second kappa shape index (κ2) is 11.2. The third kappa shape index (κ3) is 4.85. The summed E-state index contributed by atoms with van der Waals surface area (Å²) >= 11 is 0. The van der Waals surface area contributed by atoms with Crippen molar-refractivity contribution in [3.63, 3.8) is 0 Å². The van der Waals surface area contributed by atoms with Crippen molar-refractivity contribution < 1.29 is 4.79 Å². The highest BCUT2D eigenvalue weighted by molar-refractivity contribution is 5.91. The van der Waals surface area contributed by atoms with Crippen LogP contribution in [-0.4, -0.2) is 70.2 Å². The van der Waals surface area contributed by atoms with Crippen LogP contribution in [0, 0.1) is 0 Å². The van der Waals surface area contributed by atoms with E-state index in [1.807, 2.05) is 56.6 Å². The highest BCUT2D eigenvalue weighted by Gasteiger charge is 2.44. The zero-order valence-corrected chi connectivity index (χ0v) is 22.0. The average Bonchev–Trinajstić information content (AvgIpc) is 3.53. The van der Waals surface area contributed by atoms with Crippen LogP contribution in [0.25, 0.3) is 0 Å². The van der Waals surface area contributed by atoms with Crippen molar-refractivity contribution in [1.82, 2.24) is 36.0 Å². The van der Waals surface area contributed by atoms with Gasteiger partial charge in [-0.3, -0.25) is 10.2 Å². The molecule has 0 unspecified atom stereocenters. The second-order valence-electron chi connectivity index (χ2n) is 10.2. The number of piperidine rings is 1. The van der Waals surface area contributed by atoms with E-state index in [1.54, 1.807) is 4.90 Å². The molecule has 1 aliphatic heterocycles. The summed E-state index contributed by atoms with van der Waals surface area (Å²) in [5.74, 6) is 0.822. The zero-order valence-electron chi connectivity index (χ0n) is 22.0. The number of benzene rings is 3. The lowest BCUT2D eigenvalue weighted by Gasteiger charge is -2.41. The summed E-state index contributed by atoms with van der Waals surface area (Å²) in [5, 5.41) is 17.5. The van der Waals surface area contributed by atoms with Crippen molar-refractivity contribution in [2.24, 2.45) is 0 Å². The number of tetrazole rings is 1. The third-order valence-electron chi connectivity index (χ3n) is 7.86. The van der Waals surface area contributed by atoms with Gasteiger partial charge in [-0.1, -0.05) is 96.2 Å². The summed E-state index contributed by atoms with van der Waals surface area (Å²) in [7, 11) is 3.67. The van der Waals surface area contributed by atoms with Crippen LogP contribution in [0.2, 0.25) is 0 Å². The van der Waals surface area contributed by atoms with Gasteiger partial charge in [0.15, 0.2) is 5.82 Å². The molecule has 1 fully saturated rings. The molecule has 8 heteroatoms. The quantitative estimate of drug-likeness (QED) is 0.359. The molecule has 1 saturated heterocycles. The number of H-pyrrole nitrogens is 1. The molecular weight excluding hydrogens is 474 g/mol. The number of hydrogen-bond acceptors (Lipinski definition) is 6. The van der Waals surface area contributed by atoms with Gasteiger partial charge >= 0.3 is 0 Å². The van der Waals surface area contributed by atoms with E-state index in [4.69, 9.17) is 0 Å². The van der Waals surface area contributed by atoms with E-state index >= 15 is 0 Å². The van der Waals surface area contributed by atoms with Crippen LogP contribution in [-0.2, 0) is 15.6 Å². The van der Waals surface area contributed by atoms with Crippen LogP contribution < -0.4 is 5.43 Å². The van der Waals surface area contributed by atoms with Crippen LogP contribution in [0.5, 0.6) is 0 Å². The molecule has 0 atom stereocenters. The predicted molar refractivity (Wildman–Crippen MR) is 147 cm³/mol. The number of carbonyl (C=O) groups excluding carboxylic acids is 1.